The molecule has 0 saturated heterocycles. The molecular weight excluding hydrogens is 779 g/mol. The van der Waals surface area contributed by atoms with Gasteiger partial charge >= 0.3 is 19.8 Å². The highest BCUT2D eigenvalue weighted by Crippen LogP contribution is 2.47. The SMILES string of the molecule is CCCCCC/C=C/CCCCCCCC(=O)O[C@@H](COC(=O)CCC/C=C/C/C=C/C/C=C/CCCCCCCC)COP(=O)(O)OC1C(O)C(O)C(O)[C@H](O)C1O. The summed E-state index contributed by atoms with van der Waals surface area (Å²) in [6.07, 6.45) is 27.5. The second-order valence-electron chi connectivity index (χ2n) is 15.5. The highest BCUT2D eigenvalue weighted by molar-refractivity contribution is 7.47. The molecule has 13 nitrogen and oxygen atoms in total. The van der Waals surface area contributed by atoms with Gasteiger partial charge in [-0.1, -0.05) is 133 Å². The maximum atomic E-state index is 12.8. The van der Waals surface area contributed by atoms with E-state index in [1.54, 1.807) is 0 Å². The third-order valence-electron chi connectivity index (χ3n) is 10.1. The van der Waals surface area contributed by atoms with E-state index in [-0.39, 0.29) is 12.8 Å². The van der Waals surface area contributed by atoms with Gasteiger partial charge in [-0.15, -0.1) is 0 Å². The van der Waals surface area contributed by atoms with Crippen LogP contribution in [0.25, 0.3) is 0 Å². The van der Waals surface area contributed by atoms with E-state index < -0.39 is 75.7 Å². The molecule has 0 heterocycles. The number of allylic oxidation sites excluding steroid dienone is 8. The lowest BCUT2D eigenvalue weighted by Gasteiger charge is -2.41. The summed E-state index contributed by atoms with van der Waals surface area (Å²) in [6.45, 7) is 3.21. The summed E-state index contributed by atoms with van der Waals surface area (Å²) in [5.74, 6) is -1.17. The van der Waals surface area contributed by atoms with Crippen LogP contribution in [0.3, 0.4) is 0 Å². The highest BCUT2D eigenvalue weighted by Gasteiger charge is 2.51. The molecule has 1 aliphatic carbocycles. The number of unbranched alkanes of at least 4 members (excludes halogenated alkanes) is 16. The topological polar surface area (TPSA) is 210 Å². The number of hydrogen-bond donors (Lipinski definition) is 6. The quantitative estimate of drug-likeness (QED) is 0.0152. The van der Waals surface area contributed by atoms with Crippen LogP contribution in [0.2, 0.25) is 0 Å². The van der Waals surface area contributed by atoms with E-state index in [0.717, 1.165) is 57.8 Å². The van der Waals surface area contributed by atoms with Crippen molar-refractivity contribution < 1.29 is 63.1 Å². The van der Waals surface area contributed by atoms with E-state index in [1.165, 1.54) is 64.2 Å². The van der Waals surface area contributed by atoms with Crippen LogP contribution in [0.1, 0.15) is 168 Å². The summed E-state index contributed by atoms with van der Waals surface area (Å²) in [4.78, 5) is 35.6. The molecule has 342 valence electrons. The number of carbonyl (C=O) groups excluding carboxylic acids is 2. The number of aliphatic hydroxyl groups is 5. The summed E-state index contributed by atoms with van der Waals surface area (Å²) in [5, 5.41) is 50.1. The van der Waals surface area contributed by atoms with E-state index >= 15 is 0 Å². The van der Waals surface area contributed by atoms with Gasteiger partial charge in [-0.05, 0) is 70.6 Å². The van der Waals surface area contributed by atoms with Gasteiger partial charge < -0.3 is 39.9 Å². The van der Waals surface area contributed by atoms with Crippen LogP contribution in [0.15, 0.2) is 48.6 Å². The van der Waals surface area contributed by atoms with Gasteiger partial charge in [0.05, 0.1) is 6.61 Å². The van der Waals surface area contributed by atoms with Crippen molar-refractivity contribution in [2.24, 2.45) is 0 Å². The number of phosphoric ester groups is 1. The minimum atomic E-state index is -5.13. The van der Waals surface area contributed by atoms with Crippen LogP contribution in [0.5, 0.6) is 0 Å². The number of phosphoric acid groups is 1. The molecule has 6 unspecified atom stereocenters. The number of rotatable bonds is 36. The van der Waals surface area contributed by atoms with Gasteiger partial charge in [0, 0.05) is 12.8 Å². The molecule has 0 amide bonds. The summed E-state index contributed by atoms with van der Waals surface area (Å²) < 4.78 is 33.4. The van der Waals surface area contributed by atoms with Gasteiger partial charge in [-0.25, -0.2) is 4.57 Å². The second-order valence-corrected chi connectivity index (χ2v) is 16.9. The third kappa shape index (κ3) is 28.1. The van der Waals surface area contributed by atoms with Crippen LogP contribution in [0.4, 0.5) is 0 Å². The Morgan fingerprint density at radius 3 is 1.47 bits per heavy atom. The smallest absolute Gasteiger partial charge is 0.462 e. The summed E-state index contributed by atoms with van der Waals surface area (Å²) in [5.41, 5.74) is 0. The highest BCUT2D eigenvalue weighted by atomic mass is 31.2. The summed E-state index contributed by atoms with van der Waals surface area (Å²) >= 11 is 0. The van der Waals surface area contributed by atoms with E-state index in [0.29, 0.717) is 19.3 Å². The van der Waals surface area contributed by atoms with Crippen molar-refractivity contribution in [2.75, 3.05) is 13.2 Å². The first-order valence-electron chi connectivity index (χ1n) is 22.4. The molecule has 0 bridgehead atoms. The van der Waals surface area contributed by atoms with Crippen LogP contribution in [-0.4, -0.2) is 98.3 Å². The van der Waals surface area contributed by atoms with E-state index in [4.69, 9.17) is 18.5 Å². The molecule has 1 fully saturated rings. The maximum absolute atomic E-state index is 12.8. The van der Waals surface area contributed by atoms with Crippen molar-refractivity contribution in [1.82, 2.24) is 0 Å². The van der Waals surface area contributed by atoms with Crippen molar-refractivity contribution >= 4 is 19.8 Å². The molecular formula is C45H79O13P. The second kappa shape index (κ2) is 35.4. The van der Waals surface area contributed by atoms with Crippen molar-refractivity contribution in [2.45, 2.75) is 211 Å². The van der Waals surface area contributed by atoms with Gasteiger partial charge in [-0.3, -0.25) is 18.6 Å². The monoisotopic (exact) mass is 859 g/mol. The Hall–Kier alpha value is -2.19. The first kappa shape index (κ1) is 54.8. The Labute approximate surface area is 354 Å². The Kier molecular flexibility index (Phi) is 32.9. The number of hydrogen-bond acceptors (Lipinski definition) is 12. The molecule has 0 aromatic carbocycles. The normalized spacial score (nSPS) is 22.8. The van der Waals surface area contributed by atoms with Crippen LogP contribution < -0.4 is 0 Å². The largest absolute Gasteiger partial charge is 0.472 e. The first-order chi connectivity index (χ1) is 28.4. The van der Waals surface area contributed by atoms with E-state index in [2.05, 4.69) is 50.3 Å². The first-order valence-corrected chi connectivity index (χ1v) is 23.9. The number of carbonyl (C=O) groups is 2. The minimum Gasteiger partial charge on any atom is -0.462 e. The molecule has 59 heavy (non-hydrogen) atoms. The summed E-state index contributed by atoms with van der Waals surface area (Å²) in [6, 6.07) is 0. The number of aliphatic hydroxyl groups excluding tert-OH is 5. The standard InChI is InChI=1S/C45H79O13P/c1-3-5-7-9-11-13-15-17-18-19-20-22-23-25-27-29-31-33-38(46)55-35-37(36-56-59(53,54)58-45-43(51)41(49)40(48)42(50)44(45)52)57-39(47)34-32-30-28-26-24-21-16-14-12-10-8-6-4-2/h14,16-18,20,22,25,27,37,40-45,48-52H,3-13,15,19,21,23-24,26,28-36H2,1-2H3,(H,53,54)/b16-14+,18-17+,22-20+,27-25+/t37-,40?,41-,42?,43?,44?,45?/m0/s1. The lowest BCUT2D eigenvalue weighted by atomic mass is 9.85. The Morgan fingerprint density at radius 2 is 0.932 bits per heavy atom. The number of ether oxygens (including phenoxy) is 2. The van der Waals surface area contributed by atoms with Crippen molar-refractivity contribution in [3.8, 4) is 0 Å². The molecule has 1 saturated carbocycles. The van der Waals surface area contributed by atoms with Gasteiger partial charge in [-0.2, -0.15) is 0 Å². The van der Waals surface area contributed by atoms with E-state index in [9.17, 15) is 44.6 Å². The molecule has 6 N–H and O–H groups in total. The van der Waals surface area contributed by atoms with Gasteiger partial charge in [0.2, 0.25) is 0 Å². The Balaban J connectivity index is 2.52. The van der Waals surface area contributed by atoms with Crippen LogP contribution in [0, 0.1) is 0 Å². The lowest BCUT2D eigenvalue weighted by Crippen LogP contribution is -2.64. The number of esters is 2. The Morgan fingerprint density at radius 1 is 0.525 bits per heavy atom. The molecule has 14 heteroatoms. The molecule has 1 aliphatic rings. The van der Waals surface area contributed by atoms with Gasteiger partial charge in [0.1, 0.15) is 43.2 Å². The van der Waals surface area contributed by atoms with Crippen molar-refractivity contribution in [1.29, 1.82) is 0 Å². The Bertz CT molecular complexity index is 1220. The average Bonchev–Trinajstić information content (AvgIpc) is 3.21. The molecule has 8 atom stereocenters. The van der Waals surface area contributed by atoms with Crippen molar-refractivity contribution in [3.05, 3.63) is 48.6 Å². The zero-order chi connectivity index (χ0) is 43.6. The van der Waals surface area contributed by atoms with Crippen LogP contribution >= 0.6 is 7.82 Å². The fraction of sp³-hybridized carbons (Fsp3) is 0.778. The van der Waals surface area contributed by atoms with E-state index in [1.807, 2.05) is 12.2 Å². The fourth-order valence-electron chi connectivity index (χ4n) is 6.47. The predicted molar refractivity (Wildman–Crippen MR) is 230 cm³/mol. The minimum absolute atomic E-state index is 0.0748. The zero-order valence-corrected chi connectivity index (χ0v) is 36.9. The molecule has 1 rings (SSSR count). The molecule has 0 aromatic rings. The van der Waals surface area contributed by atoms with Crippen molar-refractivity contribution in [3.63, 3.8) is 0 Å². The predicted octanol–water partition coefficient (Wildman–Crippen LogP) is 8.39. The fourth-order valence-corrected chi connectivity index (χ4v) is 7.45. The van der Waals surface area contributed by atoms with Crippen LogP contribution in [-0.2, 0) is 32.7 Å². The lowest BCUT2D eigenvalue weighted by molar-refractivity contribution is -0.220. The third-order valence-corrected chi connectivity index (χ3v) is 11.1. The molecule has 0 aliphatic heterocycles. The zero-order valence-electron chi connectivity index (χ0n) is 36.0. The van der Waals surface area contributed by atoms with Gasteiger partial charge in [0.25, 0.3) is 0 Å². The molecule has 0 spiro atoms. The molecule has 0 aromatic heterocycles. The maximum Gasteiger partial charge on any atom is 0.472 e. The molecule has 0 radical (unpaired) electrons. The van der Waals surface area contributed by atoms with Gasteiger partial charge in [0.15, 0.2) is 6.10 Å². The average molecular weight is 859 g/mol. The summed E-state index contributed by atoms with van der Waals surface area (Å²) in [7, 11) is -5.13.